The molecule has 2 aliphatic heterocycles. The highest BCUT2D eigenvalue weighted by molar-refractivity contribution is 7.99. The summed E-state index contributed by atoms with van der Waals surface area (Å²) < 4.78 is 28.1. The molecule has 3 aromatic rings. The lowest BCUT2D eigenvalue weighted by Gasteiger charge is -2.30. The van der Waals surface area contributed by atoms with Crippen molar-refractivity contribution in [2.45, 2.75) is 18.3 Å². The van der Waals surface area contributed by atoms with Gasteiger partial charge < -0.3 is 28.3 Å². The van der Waals surface area contributed by atoms with Gasteiger partial charge in [0.1, 0.15) is 6.61 Å². The first-order valence-electron chi connectivity index (χ1n) is 10.2. The molecule has 0 saturated carbocycles. The summed E-state index contributed by atoms with van der Waals surface area (Å²) in [6.45, 7) is 3.54. The van der Waals surface area contributed by atoms with E-state index in [2.05, 4.69) is 10.2 Å². The van der Waals surface area contributed by atoms with Crippen molar-refractivity contribution in [2.24, 2.45) is 0 Å². The number of carbonyl (C=O) groups excluding carboxylic acids is 1. The first kappa shape index (κ1) is 20.5. The van der Waals surface area contributed by atoms with E-state index in [1.807, 2.05) is 37.3 Å². The number of fused-ring (bicyclic) bond motifs is 2. The zero-order chi connectivity index (χ0) is 21.9. The Morgan fingerprint density at radius 2 is 1.88 bits per heavy atom. The molecule has 2 aromatic carbocycles. The Morgan fingerprint density at radius 1 is 1.06 bits per heavy atom. The van der Waals surface area contributed by atoms with Crippen LogP contribution in [0.4, 0.5) is 0 Å². The van der Waals surface area contributed by atoms with Gasteiger partial charge in [-0.3, -0.25) is 4.79 Å². The van der Waals surface area contributed by atoms with Gasteiger partial charge in [0, 0.05) is 12.1 Å². The van der Waals surface area contributed by atoms with Crippen molar-refractivity contribution in [1.82, 2.24) is 15.1 Å². The number of thioether (sulfide) groups is 1. The molecule has 1 aromatic heterocycles. The lowest BCUT2D eigenvalue weighted by atomic mass is 10.2. The molecule has 1 unspecified atom stereocenters. The third kappa shape index (κ3) is 4.31. The van der Waals surface area contributed by atoms with E-state index < -0.39 is 0 Å². The maximum Gasteiger partial charge on any atom is 0.277 e. The average Bonchev–Trinajstić information content (AvgIpc) is 3.50. The Kier molecular flexibility index (Phi) is 5.76. The molecule has 10 heteroatoms. The second-order valence-corrected chi connectivity index (χ2v) is 8.09. The van der Waals surface area contributed by atoms with Gasteiger partial charge >= 0.3 is 0 Å². The highest BCUT2D eigenvalue weighted by atomic mass is 32.2. The Bertz CT molecular complexity index is 1120. The van der Waals surface area contributed by atoms with Gasteiger partial charge in [0.2, 0.25) is 18.6 Å². The van der Waals surface area contributed by atoms with Crippen molar-refractivity contribution < 1.29 is 28.2 Å². The molecule has 5 rings (SSSR count). The number of hydrogen-bond donors (Lipinski definition) is 0. The van der Waals surface area contributed by atoms with Crippen LogP contribution in [0, 0.1) is 0 Å². The number of likely N-dealkylation sites (N-methyl/N-ethyl adjacent to an activating group) is 1. The highest BCUT2D eigenvalue weighted by Crippen LogP contribution is 2.36. The number of carbonyl (C=O) groups is 1. The maximum atomic E-state index is 12.8. The number of amides is 1. The summed E-state index contributed by atoms with van der Waals surface area (Å²) >= 11 is 1.20. The van der Waals surface area contributed by atoms with Crippen molar-refractivity contribution in [1.29, 1.82) is 0 Å². The van der Waals surface area contributed by atoms with E-state index >= 15 is 0 Å². The van der Waals surface area contributed by atoms with Crippen LogP contribution in [0.1, 0.15) is 6.92 Å². The zero-order valence-corrected chi connectivity index (χ0v) is 18.2. The molecule has 32 heavy (non-hydrogen) atoms. The quantitative estimate of drug-likeness (QED) is 0.497. The standard InChI is InChI=1S/C22H21N3O6S/c1-2-25(10-15-11-27-16-5-3-4-6-18(16)30-15)20(26)12-32-22-24-23-21(31-22)14-7-8-17-19(9-14)29-13-28-17/h3-9,15H,2,10-13H2,1H3. The molecule has 3 heterocycles. The fourth-order valence-corrected chi connectivity index (χ4v) is 4.10. The fourth-order valence-electron chi connectivity index (χ4n) is 3.44. The number of benzene rings is 2. The number of para-hydroxylation sites is 2. The van der Waals surface area contributed by atoms with E-state index in [-0.39, 0.29) is 24.6 Å². The lowest BCUT2D eigenvalue weighted by Crippen LogP contribution is -2.44. The maximum absolute atomic E-state index is 12.8. The minimum Gasteiger partial charge on any atom is -0.486 e. The van der Waals surface area contributed by atoms with Crippen LogP contribution in [0.3, 0.4) is 0 Å². The van der Waals surface area contributed by atoms with Gasteiger partial charge in [-0.25, -0.2) is 0 Å². The molecular weight excluding hydrogens is 434 g/mol. The van der Waals surface area contributed by atoms with Gasteiger partial charge in [0.15, 0.2) is 29.1 Å². The molecule has 9 nitrogen and oxygen atoms in total. The SMILES string of the molecule is CCN(CC1COc2ccccc2O1)C(=O)CSc1nnc(-c2ccc3c(c2)OCO3)o1. The molecule has 1 atom stereocenters. The first-order valence-corrected chi connectivity index (χ1v) is 11.2. The molecule has 0 saturated heterocycles. The predicted molar refractivity (Wildman–Crippen MR) is 115 cm³/mol. The average molecular weight is 455 g/mol. The molecule has 0 spiro atoms. The van der Waals surface area contributed by atoms with E-state index in [9.17, 15) is 4.79 Å². The number of hydrogen-bond acceptors (Lipinski definition) is 9. The number of nitrogens with zero attached hydrogens (tertiary/aromatic N) is 3. The Morgan fingerprint density at radius 3 is 2.75 bits per heavy atom. The number of aromatic nitrogens is 2. The molecule has 166 valence electrons. The van der Waals surface area contributed by atoms with Crippen LogP contribution >= 0.6 is 11.8 Å². The Balaban J connectivity index is 1.16. The second-order valence-electron chi connectivity index (χ2n) is 7.16. The molecule has 1 amide bonds. The van der Waals surface area contributed by atoms with Crippen LogP contribution in [0.5, 0.6) is 23.0 Å². The van der Waals surface area contributed by atoms with Crippen LogP contribution in [0.2, 0.25) is 0 Å². The van der Waals surface area contributed by atoms with E-state index in [0.29, 0.717) is 48.1 Å². The van der Waals surface area contributed by atoms with Gasteiger partial charge in [-0.05, 0) is 37.3 Å². The molecule has 0 bridgehead atoms. The smallest absolute Gasteiger partial charge is 0.277 e. The third-order valence-corrected chi connectivity index (χ3v) is 5.87. The van der Waals surface area contributed by atoms with Gasteiger partial charge in [-0.2, -0.15) is 0 Å². The van der Waals surface area contributed by atoms with Gasteiger partial charge in [0.25, 0.3) is 5.22 Å². The topological polar surface area (TPSA) is 96.2 Å². The van der Waals surface area contributed by atoms with E-state index in [4.69, 9.17) is 23.4 Å². The second kappa shape index (κ2) is 8.99. The summed E-state index contributed by atoms with van der Waals surface area (Å²) in [5, 5.41) is 8.44. The number of rotatable bonds is 7. The first-order chi connectivity index (χ1) is 15.7. The van der Waals surface area contributed by atoms with Crippen LogP contribution in [-0.4, -0.2) is 59.4 Å². The molecular formula is C22H21N3O6S. The third-order valence-electron chi connectivity index (χ3n) is 5.07. The summed E-state index contributed by atoms with van der Waals surface area (Å²) in [5.41, 5.74) is 0.727. The fraction of sp³-hybridized carbons (Fsp3) is 0.318. The lowest BCUT2D eigenvalue weighted by molar-refractivity contribution is -0.129. The summed E-state index contributed by atoms with van der Waals surface area (Å²) in [4.78, 5) is 14.5. The van der Waals surface area contributed by atoms with E-state index in [1.165, 1.54) is 11.8 Å². The van der Waals surface area contributed by atoms with Crippen LogP contribution < -0.4 is 18.9 Å². The van der Waals surface area contributed by atoms with Gasteiger partial charge in [0.05, 0.1) is 12.3 Å². The molecule has 0 N–H and O–H groups in total. The Hall–Kier alpha value is -3.40. The monoisotopic (exact) mass is 455 g/mol. The molecule has 2 aliphatic rings. The van der Waals surface area contributed by atoms with Crippen molar-refractivity contribution in [3.05, 3.63) is 42.5 Å². The highest BCUT2D eigenvalue weighted by Gasteiger charge is 2.25. The number of ether oxygens (including phenoxy) is 4. The summed E-state index contributed by atoms with van der Waals surface area (Å²) in [6.07, 6.45) is -0.222. The summed E-state index contributed by atoms with van der Waals surface area (Å²) in [6, 6.07) is 12.9. The van der Waals surface area contributed by atoms with Gasteiger partial charge in [-0.15, -0.1) is 10.2 Å². The van der Waals surface area contributed by atoms with E-state index in [1.54, 1.807) is 17.0 Å². The minimum absolute atomic E-state index is 0.0391. The molecule has 0 fully saturated rings. The van der Waals surface area contributed by atoms with Crippen molar-refractivity contribution in [2.75, 3.05) is 32.2 Å². The summed E-state index contributed by atoms with van der Waals surface area (Å²) in [5.74, 6) is 3.25. The largest absolute Gasteiger partial charge is 0.486 e. The normalized spacial score (nSPS) is 16.1. The van der Waals surface area contributed by atoms with E-state index in [0.717, 1.165) is 11.3 Å². The van der Waals surface area contributed by atoms with Crippen molar-refractivity contribution in [3.8, 4) is 34.5 Å². The van der Waals surface area contributed by atoms with Crippen LogP contribution in [0.15, 0.2) is 52.1 Å². The predicted octanol–water partition coefficient (Wildman–Crippen LogP) is 3.25. The zero-order valence-electron chi connectivity index (χ0n) is 17.4. The van der Waals surface area contributed by atoms with Crippen LogP contribution in [-0.2, 0) is 4.79 Å². The summed E-state index contributed by atoms with van der Waals surface area (Å²) in [7, 11) is 0. The van der Waals surface area contributed by atoms with Crippen LogP contribution in [0.25, 0.3) is 11.5 Å². The van der Waals surface area contributed by atoms with Gasteiger partial charge in [-0.1, -0.05) is 23.9 Å². The minimum atomic E-state index is -0.222. The Labute approximate surface area is 188 Å². The van der Waals surface area contributed by atoms with Crippen molar-refractivity contribution in [3.63, 3.8) is 0 Å². The van der Waals surface area contributed by atoms with Crippen molar-refractivity contribution >= 4 is 17.7 Å². The molecule has 0 radical (unpaired) electrons. The molecule has 0 aliphatic carbocycles.